The number of amides is 1. The highest BCUT2D eigenvalue weighted by atomic mass is 32.2. The minimum absolute atomic E-state index is 0.0983. The predicted molar refractivity (Wildman–Crippen MR) is 105 cm³/mol. The van der Waals surface area contributed by atoms with Crippen molar-refractivity contribution in [3.05, 3.63) is 48.0 Å². The van der Waals surface area contributed by atoms with E-state index in [2.05, 4.69) is 0 Å². The Kier molecular flexibility index (Phi) is 6.34. The molecule has 0 radical (unpaired) electrons. The number of hydrogen-bond acceptors (Lipinski definition) is 6. The zero-order valence-corrected chi connectivity index (χ0v) is 16.5. The lowest BCUT2D eigenvalue weighted by atomic mass is 10.1. The van der Waals surface area contributed by atoms with E-state index in [0.29, 0.717) is 24.7 Å². The van der Waals surface area contributed by atoms with Gasteiger partial charge in [0, 0.05) is 11.6 Å². The second-order valence-corrected chi connectivity index (χ2v) is 6.95. The Hall–Kier alpha value is -2.54. The fourth-order valence-corrected chi connectivity index (χ4v) is 4.15. The van der Waals surface area contributed by atoms with Crippen LogP contribution in [-0.4, -0.2) is 51.0 Å². The normalized spacial score (nSPS) is 16.3. The molecule has 1 amide bonds. The van der Waals surface area contributed by atoms with Crippen molar-refractivity contribution in [2.45, 2.75) is 5.37 Å². The van der Waals surface area contributed by atoms with Gasteiger partial charge in [0.15, 0.2) is 0 Å². The molecular weight excluding hydrogens is 366 g/mol. The van der Waals surface area contributed by atoms with E-state index in [1.165, 1.54) is 0 Å². The lowest BCUT2D eigenvalue weighted by molar-refractivity contribution is -0.128. The van der Waals surface area contributed by atoms with Crippen molar-refractivity contribution in [1.82, 2.24) is 4.90 Å². The van der Waals surface area contributed by atoms with Crippen LogP contribution in [0, 0.1) is 0 Å². The number of ether oxygens (including phenoxy) is 4. The SMILES string of the molecule is COc1ccc(OCCN2C(=O)CSC2c2ccc(OC)cc2OC)cc1. The van der Waals surface area contributed by atoms with Gasteiger partial charge in [-0.15, -0.1) is 11.8 Å². The van der Waals surface area contributed by atoms with Crippen molar-refractivity contribution >= 4 is 17.7 Å². The summed E-state index contributed by atoms with van der Waals surface area (Å²) in [6, 6.07) is 13.1. The summed E-state index contributed by atoms with van der Waals surface area (Å²) in [4.78, 5) is 14.2. The molecule has 0 spiro atoms. The zero-order valence-electron chi connectivity index (χ0n) is 15.6. The van der Waals surface area contributed by atoms with Crippen molar-refractivity contribution in [1.29, 1.82) is 0 Å². The van der Waals surface area contributed by atoms with E-state index in [1.807, 2.05) is 47.4 Å². The molecule has 0 N–H and O–H groups in total. The van der Waals surface area contributed by atoms with Gasteiger partial charge in [-0.2, -0.15) is 0 Å². The molecule has 1 saturated heterocycles. The second kappa shape index (κ2) is 8.90. The van der Waals surface area contributed by atoms with E-state index in [0.717, 1.165) is 22.8 Å². The summed E-state index contributed by atoms with van der Waals surface area (Å²) in [5.41, 5.74) is 0.957. The van der Waals surface area contributed by atoms with Gasteiger partial charge in [-0.25, -0.2) is 0 Å². The molecule has 1 fully saturated rings. The van der Waals surface area contributed by atoms with Crippen LogP contribution in [0.3, 0.4) is 0 Å². The van der Waals surface area contributed by atoms with E-state index in [-0.39, 0.29) is 11.3 Å². The maximum Gasteiger partial charge on any atom is 0.233 e. The fraction of sp³-hybridized carbons (Fsp3) is 0.350. The van der Waals surface area contributed by atoms with Crippen molar-refractivity contribution in [2.24, 2.45) is 0 Å². The number of carbonyl (C=O) groups excluding carboxylic acids is 1. The van der Waals surface area contributed by atoms with Crippen LogP contribution in [0.2, 0.25) is 0 Å². The molecule has 1 atom stereocenters. The van der Waals surface area contributed by atoms with Crippen molar-refractivity contribution in [2.75, 3.05) is 40.2 Å². The van der Waals surface area contributed by atoms with Gasteiger partial charge in [-0.05, 0) is 36.4 Å². The van der Waals surface area contributed by atoms with Gasteiger partial charge in [0.1, 0.15) is 35.0 Å². The largest absolute Gasteiger partial charge is 0.497 e. The van der Waals surface area contributed by atoms with Gasteiger partial charge >= 0.3 is 0 Å². The average molecular weight is 389 g/mol. The molecule has 2 aromatic rings. The highest BCUT2D eigenvalue weighted by Gasteiger charge is 2.34. The first-order valence-corrected chi connectivity index (χ1v) is 9.61. The minimum Gasteiger partial charge on any atom is -0.497 e. The van der Waals surface area contributed by atoms with Crippen LogP contribution in [0.15, 0.2) is 42.5 Å². The summed E-state index contributed by atoms with van der Waals surface area (Å²) in [6.07, 6.45) is 0. The fourth-order valence-electron chi connectivity index (χ4n) is 2.91. The van der Waals surface area contributed by atoms with E-state index < -0.39 is 0 Å². The third kappa shape index (κ3) is 4.42. The highest BCUT2D eigenvalue weighted by Crippen LogP contribution is 2.43. The third-order valence-electron chi connectivity index (χ3n) is 4.34. The number of carbonyl (C=O) groups is 1. The van der Waals surface area contributed by atoms with E-state index in [1.54, 1.807) is 33.1 Å². The molecule has 2 aromatic carbocycles. The standard InChI is InChI=1S/C20H23NO5S/c1-23-14-4-6-15(7-5-14)26-11-10-21-19(22)13-27-20(21)17-9-8-16(24-2)12-18(17)25-3/h4-9,12,20H,10-11,13H2,1-3H3. The van der Waals surface area contributed by atoms with Crippen LogP contribution in [-0.2, 0) is 4.79 Å². The Balaban J connectivity index is 1.67. The molecule has 0 aliphatic carbocycles. The third-order valence-corrected chi connectivity index (χ3v) is 5.57. The first-order chi connectivity index (χ1) is 13.2. The first kappa shape index (κ1) is 19.2. The molecule has 1 unspecified atom stereocenters. The molecule has 6 nitrogen and oxygen atoms in total. The maximum atomic E-state index is 12.4. The molecule has 0 aromatic heterocycles. The first-order valence-electron chi connectivity index (χ1n) is 8.56. The molecule has 1 aliphatic heterocycles. The van der Waals surface area contributed by atoms with E-state index in [4.69, 9.17) is 18.9 Å². The smallest absolute Gasteiger partial charge is 0.233 e. The van der Waals surface area contributed by atoms with Gasteiger partial charge in [0.05, 0.1) is 33.6 Å². The summed E-state index contributed by atoms with van der Waals surface area (Å²) < 4.78 is 21.7. The Morgan fingerprint density at radius 3 is 2.30 bits per heavy atom. The minimum atomic E-state index is -0.0992. The summed E-state index contributed by atoms with van der Waals surface area (Å²) >= 11 is 1.59. The second-order valence-electron chi connectivity index (χ2n) is 5.88. The van der Waals surface area contributed by atoms with Gasteiger partial charge in [-0.1, -0.05) is 0 Å². The van der Waals surface area contributed by atoms with Crippen LogP contribution in [0.4, 0.5) is 0 Å². The zero-order chi connectivity index (χ0) is 19.2. The van der Waals surface area contributed by atoms with Crippen LogP contribution in [0.1, 0.15) is 10.9 Å². The molecule has 27 heavy (non-hydrogen) atoms. The van der Waals surface area contributed by atoms with Crippen LogP contribution in [0.5, 0.6) is 23.0 Å². The van der Waals surface area contributed by atoms with Gasteiger partial charge < -0.3 is 23.8 Å². The van der Waals surface area contributed by atoms with E-state index >= 15 is 0 Å². The Bertz CT molecular complexity index is 780. The summed E-state index contributed by atoms with van der Waals surface area (Å²) in [5, 5.41) is -0.0992. The van der Waals surface area contributed by atoms with Crippen molar-refractivity contribution in [3.8, 4) is 23.0 Å². The predicted octanol–water partition coefficient (Wildman–Crippen LogP) is 3.37. The summed E-state index contributed by atoms with van der Waals surface area (Å²) in [6.45, 7) is 0.908. The molecule has 144 valence electrons. The number of rotatable bonds is 8. The quantitative estimate of drug-likeness (QED) is 0.690. The van der Waals surface area contributed by atoms with Crippen molar-refractivity contribution in [3.63, 3.8) is 0 Å². The Morgan fingerprint density at radius 1 is 0.963 bits per heavy atom. The molecule has 1 heterocycles. The molecule has 0 saturated carbocycles. The number of benzene rings is 2. The summed E-state index contributed by atoms with van der Waals surface area (Å²) in [5.74, 6) is 3.50. The topological polar surface area (TPSA) is 57.2 Å². The van der Waals surface area contributed by atoms with Gasteiger partial charge in [0.25, 0.3) is 0 Å². The lowest BCUT2D eigenvalue weighted by Crippen LogP contribution is -2.32. The average Bonchev–Trinajstić information content (AvgIpc) is 3.08. The monoisotopic (exact) mass is 389 g/mol. The van der Waals surface area contributed by atoms with Gasteiger partial charge in [-0.3, -0.25) is 4.79 Å². The van der Waals surface area contributed by atoms with E-state index in [9.17, 15) is 4.79 Å². The van der Waals surface area contributed by atoms with Crippen LogP contribution >= 0.6 is 11.8 Å². The Labute approximate surface area is 163 Å². The lowest BCUT2D eigenvalue weighted by Gasteiger charge is -2.25. The molecular formula is C20H23NO5S. The number of nitrogens with zero attached hydrogens (tertiary/aromatic N) is 1. The number of methoxy groups -OCH3 is 3. The number of hydrogen-bond donors (Lipinski definition) is 0. The Morgan fingerprint density at radius 2 is 1.63 bits per heavy atom. The van der Waals surface area contributed by atoms with Crippen molar-refractivity contribution < 1.29 is 23.7 Å². The highest BCUT2D eigenvalue weighted by molar-refractivity contribution is 8.00. The molecule has 0 bridgehead atoms. The molecule has 3 rings (SSSR count). The maximum absolute atomic E-state index is 12.4. The van der Waals surface area contributed by atoms with Gasteiger partial charge in [0.2, 0.25) is 5.91 Å². The van der Waals surface area contributed by atoms with Crippen LogP contribution < -0.4 is 18.9 Å². The number of thioether (sulfide) groups is 1. The molecule has 1 aliphatic rings. The van der Waals surface area contributed by atoms with Crippen LogP contribution in [0.25, 0.3) is 0 Å². The molecule has 7 heteroatoms. The summed E-state index contributed by atoms with van der Waals surface area (Å²) in [7, 11) is 4.86.